The van der Waals surface area contributed by atoms with E-state index in [1.54, 1.807) is 12.1 Å². The monoisotopic (exact) mass is 243 g/mol. The topological polar surface area (TPSA) is 26.0 Å². The molecule has 0 saturated heterocycles. The number of thiophene rings is 1. The van der Waals surface area contributed by atoms with Crippen molar-refractivity contribution in [1.82, 2.24) is 0 Å². The van der Waals surface area contributed by atoms with Gasteiger partial charge in [0.1, 0.15) is 0 Å². The van der Waals surface area contributed by atoms with Crippen LogP contribution in [0.2, 0.25) is 0 Å². The Bertz CT molecular complexity index is 499. The molecule has 0 atom stereocenters. The van der Waals surface area contributed by atoms with E-state index in [-0.39, 0.29) is 0 Å². The predicted molar refractivity (Wildman–Crippen MR) is 57.5 cm³/mol. The number of hydrogen-bond acceptors (Lipinski definition) is 2. The second-order valence-electron chi connectivity index (χ2n) is 3.22. The second-order valence-corrected chi connectivity index (χ2v) is 4.39. The maximum atomic E-state index is 13.0. The van der Waals surface area contributed by atoms with Crippen LogP contribution in [0.3, 0.4) is 0 Å². The van der Waals surface area contributed by atoms with E-state index in [0.717, 1.165) is 17.0 Å². The average molecular weight is 243 g/mol. The van der Waals surface area contributed by atoms with Crippen molar-refractivity contribution in [2.45, 2.75) is 6.54 Å². The normalized spacial score (nSPS) is 10.8. The summed E-state index contributed by atoms with van der Waals surface area (Å²) >= 11 is 1.33. The molecule has 0 spiro atoms. The highest BCUT2D eigenvalue weighted by molar-refractivity contribution is 7.15. The Balaban J connectivity index is 2.48. The molecule has 1 aromatic heterocycles. The van der Waals surface area contributed by atoms with Gasteiger partial charge < -0.3 is 5.73 Å². The van der Waals surface area contributed by atoms with Crippen molar-refractivity contribution in [1.29, 1.82) is 0 Å². The molecule has 1 heterocycles. The fourth-order valence-electron chi connectivity index (χ4n) is 1.34. The zero-order valence-electron chi connectivity index (χ0n) is 8.14. The molecule has 1 nitrogen and oxygen atoms in total. The molecule has 0 radical (unpaired) electrons. The van der Waals surface area contributed by atoms with Crippen LogP contribution in [0.1, 0.15) is 4.88 Å². The molecule has 0 amide bonds. The van der Waals surface area contributed by atoms with E-state index in [1.807, 2.05) is 0 Å². The molecule has 0 aliphatic rings. The predicted octanol–water partition coefficient (Wildman–Crippen LogP) is 3.29. The SMILES string of the molecule is NCc1ccc(-c2cc(F)c(F)c(F)c2)s1. The van der Waals surface area contributed by atoms with Gasteiger partial charge in [0.05, 0.1) is 0 Å². The quantitative estimate of drug-likeness (QED) is 0.805. The van der Waals surface area contributed by atoms with Gasteiger partial charge in [-0.2, -0.15) is 0 Å². The molecule has 0 aliphatic carbocycles. The highest BCUT2D eigenvalue weighted by Gasteiger charge is 2.12. The van der Waals surface area contributed by atoms with Crippen LogP contribution in [-0.4, -0.2) is 0 Å². The minimum atomic E-state index is -1.45. The number of rotatable bonds is 2. The van der Waals surface area contributed by atoms with Gasteiger partial charge in [0.2, 0.25) is 0 Å². The standard InChI is InChI=1S/C11H8F3NS/c12-8-3-6(4-9(13)11(8)14)10-2-1-7(5-15)16-10/h1-4H,5,15H2. The molecule has 0 unspecified atom stereocenters. The highest BCUT2D eigenvalue weighted by Crippen LogP contribution is 2.29. The van der Waals surface area contributed by atoms with Gasteiger partial charge in [-0.05, 0) is 29.8 Å². The first kappa shape index (κ1) is 11.2. The number of nitrogens with two attached hydrogens (primary N) is 1. The second kappa shape index (κ2) is 4.27. The molecule has 2 aromatic rings. The third-order valence-electron chi connectivity index (χ3n) is 2.13. The average Bonchev–Trinajstić information content (AvgIpc) is 2.73. The molecular weight excluding hydrogens is 235 g/mol. The minimum Gasteiger partial charge on any atom is -0.326 e. The number of benzene rings is 1. The van der Waals surface area contributed by atoms with E-state index in [2.05, 4.69) is 0 Å². The third kappa shape index (κ3) is 1.96. The van der Waals surface area contributed by atoms with Gasteiger partial charge >= 0.3 is 0 Å². The van der Waals surface area contributed by atoms with Crippen molar-refractivity contribution in [2.75, 3.05) is 0 Å². The highest BCUT2D eigenvalue weighted by atomic mass is 32.1. The Morgan fingerprint density at radius 3 is 2.19 bits per heavy atom. The molecule has 2 rings (SSSR count). The van der Waals surface area contributed by atoms with Gasteiger partial charge in [-0.15, -0.1) is 11.3 Å². The molecule has 16 heavy (non-hydrogen) atoms. The van der Waals surface area contributed by atoms with Crippen LogP contribution in [0.15, 0.2) is 24.3 Å². The van der Waals surface area contributed by atoms with Gasteiger partial charge in [0.25, 0.3) is 0 Å². The fourth-order valence-corrected chi connectivity index (χ4v) is 2.21. The summed E-state index contributed by atoms with van der Waals surface area (Å²) in [5.74, 6) is -3.81. The Hall–Kier alpha value is -1.33. The fraction of sp³-hybridized carbons (Fsp3) is 0.0909. The van der Waals surface area contributed by atoms with E-state index >= 15 is 0 Å². The lowest BCUT2D eigenvalue weighted by atomic mass is 10.1. The van der Waals surface area contributed by atoms with Crippen molar-refractivity contribution >= 4 is 11.3 Å². The van der Waals surface area contributed by atoms with Crippen LogP contribution < -0.4 is 5.73 Å². The van der Waals surface area contributed by atoms with Crippen LogP contribution in [0.5, 0.6) is 0 Å². The molecule has 0 bridgehead atoms. The van der Waals surface area contributed by atoms with Crippen LogP contribution in [0, 0.1) is 17.5 Å². The van der Waals surface area contributed by atoms with Gasteiger partial charge in [-0.25, -0.2) is 13.2 Å². The molecule has 0 aliphatic heterocycles. The molecule has 0 fully saturated rings. The molecule has 84 valence electrons. The van der Waals surface area contributed by atoms with Gasteiger partial charge in [0, 0.05) is 16.3 Å². The Labute approximate surface area is 94.3 Å². The maximum Gasteiger partial charge on any atom is 0.194 e. The summed E-state index contributed by atoms with van der Waals surface area (Å²) in [6.45, 7) is 0.372. The smallest absolute Gasteiger partial charge is 0.194 e. The van der Waals surface area contributed by atoms with E-state index in [9.17, 15) is 13.2 Å². The number of halogens is 3. The van der Waals surface area contributed by atoms with Crippen LogP contribution >= 0.6 is 11.3 Å². The van der Waals surface area contributed by atoms with Crippen molar-refractivity contribution in [2.24, 2.45) is 5.73 Å². The Morgan fingerprint density at radius 1 is 1.06 bits per heavy atom. The Morgan fingerprint density at radius 2 is 1.69 bits per heavy atom. The van der Waals surface area contributed by atoms with E-state index < -0.39 is 17.5 Å². The molecular formula is C11H8F3NS. The summed E-state index contributed by atoms with van der Waals surface area (Å²) < 4.78 is 38.7. The molecule has 5 heteroatoms. The first-order chi connectivity index (χ1) is 7.61. The van der Waals surface area contributed by atoms with E-state index in [4.69, 9.17) is 5.73 Å². The van der Waals surface area contributed by atoms with Crippen molar-refractivity contribution in [3.63, 3.8) is 0 Å². The summed E-state index contributed by atoms with van der Waals surface area (Å²) in [7, 11) is 0. The van der Waals surface area contributed by atoms with Crippen molar-refractivity contribution in [3.8, 4) is 10.4 Å². The first-order valence-corrected chi connectivity index (χ1v) is 5.37. The largest absolute Gasteiger partial charge is 0.326 e. The summed E-state index contributed by atoms with van der Waals surface area (Å²) in [5, 5.41) is 0. The van der Waals surface area contributed by atoms with Crippen LogP contribution in [-0.2, 0) is 6.54 Å². The van der Waals surface area contributed by atoms with Gasteiger partial charge in [0.15, 0.2) is 17.5 Å². The van der Waals surface area contributed by atoms with Gasteiger partial charge in [-0.3, -0.25) is 0 Å². The van der Waals surface area contributed by atoms with E-state index in [1.165, 1.54) is 11.3 Å². The minimum absolute atomic E-state index is 0.320. The summed E-state index contributed by atoms with van der Waals surface area (Å²) in [5.41, 5.74) is 5.75. The molecule has 2 N–H and O–H groups in total. The third-order valence-corrected chi connectivity index (χ3v) is 3.29. The summed E-state index contributed by atoms with van der Waals surface area (Å²) in [6, 6.07) is 5.44. The zero-order valence-corrected chi connectivity index (χ0v) is 8.95. The first-order valence-electron chi connectivity index (χ1n) is 4.55. The lowest BCUT2D eigenvalue weighted by Crippen LogP contribution is -1.91. The van der Waals surface area contributed by atoms with Crippen molar-refractivity contribution in [3.05, 3.63) is 46.6 Å². The lowest BCUT2D eigenvalue weighted by Gasteiger charge is -2.00. The summed E-state index contributed by atoms with van der Waals surface area (Å²) in [6.07, 6.45) is 0. The van der Waals surface area contributed by atoms with E-state index in [0.29, 0.717) is 17.0 Å². The lowest BCUT2D eigenvalue weighted by molar-refractivity contribution is 0.448. The molecule has 0 saturated carbocycles. The maximum absolute atomic E-state index is 13.0. The zero-order chi connectivity index (χ0) is 11.7. The summed E-state index contributed by atoms with van der Waals surface area (Å²) in [4.78, 5) is 1.57. The van der Waals surface area contributed by atoms with Crippen molar-refractivity contribution < 1.29 is 13.2 Å². The molecule has 1 aromatic carbocycles. The van der Waals surface area contributed by atoms with Crippen LogP contribution in [0.25, 0.3) is 10.4 Å². The number of hydrogen-bond donors (Lipinski definition) is 1. The van der Waals surface area contributed by atoms with Crippen LogP contribution in [0.4, 0.5) is 13.2 Å². The van der Waals surface area contributed by atoms with Gasteiger partial charge in [-0.1, -0.05) is 0 Å². The Kier molecular flexibility index (Phi) is 2.98.